The zero-order chi connectivity index (χ0) is 22.2. The Hall–Kier alpha value is -3.36. The van der Waals surface area contributed by atoms with E-state index in [9.17, 15) is 27.6 Å². The molecule has 1 heterocycles. The summed E-state index contributed by atoms with van der Waals surface area (Å²) in [5.41, 5.74) is -0.113. The van der Waals surface area contributed by atoms with Crippen molar-refractivity contribution in [3.63, 3.8) is 0 Å². The van der Waals surface area contributed by atoms with E-state index in [1.807, 2.05) is 0 Å². The summed E-state index contributed by atoms with van der Waals surface area (Å²) in [6.07, 6.45) is -2.80. The molecule has 31 heavy (non-hydrogen) atoms. The lowest BCUT2D eigenvalue weighted by atomic mass is 10.1. The molecule has 0 aromatic heterocycles. The summed E-state index contributed by atoms with van der Waals surface area (Å²) in [5.74, 6) is -1.93. The Kier molecular flexibility index (Phi) is 5.43. The molecule has 2 aliphatic rings. The molecule has 2 aromatic carbocycles. The van der Waals surface area contributed by atoms with Crippen LogP contribution in [-0.4, -0.2) is 30.3 Å². The van der Waals surface area contributed by atoms with Crippen LogP contribution in [0, 0.1) is 5.92 Å². The van der Waals surface area contributed by atoms with E-state index in [0.29, 0.717) is 11.3 Å². The Bertz CT molecular complexity index is 1030. The van der Waals surface area contributed by atoms with E-state index in [-0.39, 0.29) is 30.6 Å². The maximum absolute atomic E-state index is 13.0. The topological polar surface area (TPSA) is 78.5 Å². The van der Waals surface area contributed by atoms with Crippen LogP contribution in [0.25, 0.3) is 0 Å². The van der Waals surface area contributed by atoms with Crippen molar-refractivity contribution < 1.29 is 27.6 Å². The summed E-state index contributed by atoms with van der Waals surface area (Å²) in [6, 6.07) is 11.2. The smallest absolute Gasteiger partial charge is 0.349 e. The van der Waals surface area contributed by atoms with Crippen molar-refractivity contribution in [2.75, 3.05) is 16.8 Å². The van der Waals surface area contributed by atoms with Crippen molar-refractivity contribution in [1.29, 1.82) is 0 Å². The van der Waals surface area contributed by atoms with E-state index in [0.717, 1.165) is 25.0 Å². The van der Waals surface area contributed by atoms with Crippen LogP contribution in [0.15, 0.2) is 48.5 Å². The molecule has 1 aliphatic carbocycles. The first-order chi connectivity index (χ1) is 14.7. The van der Waals surface area contributed by atoms with Crippen LogP contribution in [0.2, 0.25) is 0 Å². The van der Waals surface area contributed by atoms with E-state index >= 15 is 0 Å². The number of nitrogens with zero attached hydrogens (tertiary/aromatic N) is 1. The molecule has 1 aliphatic heterocycles. The van der Waals surface area contributed by atoms with E-state index in [2.05, 4.69) is 10.6 Å². The Morgan fingerprint density at radius 3 is 2.48 bits per heavy atom. The van der Waals surface area contributed by atoms with Gasteiger partial charge in [-0.15, -0.1) is 0 Å². The monoisotopic (exact) mass is 431 g/mol. The van der Waals surface area contributed by atoms with E-state index in [4.69, 9.17) is 0 Å². The standard InChI is InChI=1S/C22H20F3N3O3/c23-22(24,25)14-4-3-5-16(11-14)28-12-13(10-19(28)29)20(30)27-18-7-2-1-6-17(18)21(31)26-15-8-9-15/h1-7,11,13,15H,8-10,12H2,(H,26,31)(H,27,30). The summed E-state index contributed by atoms with van der Waals surface area (Å²) in [6.45, 7) is -0.0393. The highest BCUT2D eigenvalue weighted by atomic mass is 19.4. The summed E-state index contributed by atoms with van der Waals surface area (Å²) in [5, 5.41) is 5.56. The average Bonchev–Trinajstić information content (AvgIpc) is 3.46. The number of alkyl halides is 3. The maximum Gasteiger partial charge on any atom is 0.416 e. The second kappa shape index (κ2) is 8.05. The van der Waals surface area contributed by atoms with Crippen LogP contribution < -0.4 is 15.5 Å². The van der Waals surface area contributed by atoms with Gasteiger partial charge in [0.25, 0.3) is 5.91 Å². The molecule has 0 radical (unpaired) electrons. The van der Waals surface area contributed by atoms with E-state index < -0.39 is 29.5 Å². The number of halogens is 3. The van der Waals surface area contributed by atoms with Gasteiger partial charge in [-0.25, -0.2) is 0 Å². The molecule has 1 unspecified atom stereocenters. The van der Waals surface area contributed by atoms with Crippen molar-refractivity contribution in [2.24, 2.45) is 5.92 Å². The molecule has 1 atom stereocenters. The van der Waals surface area contributed by atoms with Gasteiger partial charge in [-0.1, -0.05) is 18.2 Å². The van der Waals surface area contributed by atoms with Crippen LogP contribution in [0.3, 0.4) is 0 Å². The number of hydrogen-bond acceptors (Lipinski definition) is 3. The first-order valence-corrected chi connectivity index (χ1v) is 9.91. The van der Waals surface area contributed by atoms with Gasteiger partial charge < -0.3 is 15.5 Å². The first-order valence-electron chi connectivity index (χ1n) is 9.91. The highest BCUT2D eigenvalue weighted by Crippen LogP contribution is 2.33. The van der Waals surface area contributed by atoms with Gasteiger partial charge in [0.2, 0.25) is 11.8 Å². The molecule has 3 amide bonds. The fraction of sp³-hybridized carbons (Fsp3) is 0.318. The minimum atomic E-state index is -4.53. The maximum atomic E-state index is 13.0. The number of carbonyl (C=O) groups excluding carboxylic acids is 3. The number of para-hydroxylation sites is 1. The SMILES string of the molecule is O=C(NC1CC1)c1ccccc1NC(=O)C1CC(=O)N(c2cccc(C(F)(F)F)c2)C1. The Balaban J connectivity index is 1.47. The normalized spacial score (nSPS) is 18.7. The van der Waals surface area contributed by atoms with Crippen LogP contribution in [-0.2, 0) is 15.8 Å². The minimum absolute atomic E-state index is 0.0393. The third-order valence-corrected chi connectivity index (χ3v) is 5.32. The molecular formula is C22H20F3N3O3. The summed E-state index contributed by atoms with van der Waals surface area (Å²) in [7, 11) is 0. The molecule has 1 saturated heterocycles. The highest BCUT2D eigenvalue weighted by Gasteiger charge is 2.37. The molecule has 4 rings (SSSR count). The quantitative estimate of drug-likeness (QED) is 0.760. The van der Waals surface area contributed by atoms with Crippen LogP contribution in [0.5, 0.6) is 0 Å². The molecule has 0 bridgehead atoms. The van der Waals surface area contributed by atoms with Crippen molar-refractivity contribution in [3.05, 3.63) is 59.7 Å². The third kappa shape index (κ3) is 4.70. The second-order valence-electron chi connectivity index (χ2n) is 7.74. The molecule has 2 fully saturated rings. The lowest BCUT2D eigenvalue weighted by Gasteiger charge is -2.18. The first kappa shape index (κ1) is 20.9. The zero-order valence-corrected chi connectivity index (χ0v) is 16.4. The number of rotatable bonds is 5. The summed E-state index contributed by atoms with van der Waals surface area (Å²) < 4.78 is 39.0. The van der Waals surface area contributed by atoms with Gasteiger partial charge in [0.05, 0.1) is 22.7 Å². The molecule has 1 saturated carbocycles. The van der Waals surface area contributed by atoms with Crippen LogP contribution in [0.1, 0.15) is 35.2 Å². The van der Waals surface area contributed by atoms with Gasteiger partial charge in [0, 0.05) is 24.7 Å². The molecule has 2 aromatic rings. The fourth-order valence-electron chi connectivity index (χ4n) is 3.50. The molecule has 9 heteroatoms. The van der Waals surface area contributed by atoms with Gasteiger partial charge in [0.15, 0.2) is 0 Å². The minimum Gasteiger partial charge on any atom is -0.349 e. The third-order valence-electron chi connectivity index (χ3n) is 5.32. The van der Waals surface area contributed by atoms with Gasteiger partial charge in [-0.3, -0.25) is 14.4 Å². The van der Waals surface area contributed by atoms with Crippen molar-refractivity contribution in [1.82, 2.24) is 5.32 Å². The number of carbonyl (C=O) groups is 3. The number of benzene rings is 2. The molecular weight excluding hydrogens is 411 g/mol. The molecule has 162 valence electrons. The zero-order valence-electron chi connectivity index (χ0n) is 16.4. The summed E-state index contributed by atoms with van der Waals surface area (Å²) >= 11 is 0. The van der Waals surface area contributed by atoms with Gasteiger partial charge >= 0.3 is 6.18 Å². The fourth-order valence-corrected chi connectivity index (χ4v) is 3.50. The van der Waals surface area contributed by atoms with Crippen LogP contribution in [0.4, 0.5) is 24.5 Å². The van der Waals surface area contributed by atoms with E-state index in [1.54, 1.807) is 24.3 Å². The highest BCUT2D eigenvalue weighted by molar-refractivity contribution is 6.07. The van der Waals surface area contributed by atoms with Crippen LogP contribution >= 0.6 is 0 Å². The predicted octanol–water partition coefficient (Wildman–Crippen LogP) is 3.59. The van der Waals surface area contributed by atoms with Crippen molar-refractivity contribution >= 4 is 29.1 Å². The van der Waals surface area contributed by atoms with Crippen molar-refractivity contribution in [3.8, 4) is 0 Å². The number of amides is 3. The largest absolute Gasteiger partial charge is 0.416 e. The van der Waals surface area contributed by atoms with Gasteiger partial charge in [0.1, 0.15) is 0 Å². The molecule has 2 N–H and O–H groups in total. The Labute approximate surface area is 176 Å². The average molecular weight is 431 g/mol. The summed E-state index contributed by atoms with van der Waals surface area (Å²) in [4.78, 5) is 38.8. The Morgan fingerprint density at radius 2 is 1.77 bits per heavy atom. The van der Waals surface area contributed by atoms with Crippen molar-refractivity contribution in [2.45, 2.75) is 31.5 Å². The molecule has 0 spiro atoms. The number of nitrogens with one attached hydrogen (secondary N) is 2. The Morgan fingerprint density at radius 1 is 1.03 bits per heavy atom. The van der Waals surface area contributed by atoms with Gasteiger partial charge in [-0.2, -0.15) is 13.2 Å². The lowest BCUT2D eigenvalue weighted by Crippen LogP contribution is -2.30. The van der Waals surface area contributed by atoms with E-state index in [1.165, 1.54) is 17.0 Å². The number of anilines is 2. The van der Waals surface area contributed by atoms with Gasteiger partial charge in [-0.05, 0) is 43.2 Å². The molecule has 6 nitrogen and oxygen atoms in total. The lowest BCUT2D eigenvalue weighted by molar-refractivity contribution is -0.137. The second-order valence-corrected chi connectivity index (χ2v) is 7.74. The predicted molar refractivity (Wildman–Crippen MR) is 107 cm³/mol. The number of hydrogen-bond donors (Lipinski definition) is 2.